The Kier molecular flexibility index (Phi) is 5.74. The van der Waals surface area contributed by atoms with E-state index in [2.05, 4.69) is 37.1 Å². The molecule has 0 bridgehead atoms. The molecule has 4 heteroatoms. The van der Waals surface area contributed by atoms with Crippen LogP contribution >= 0.6 is 23.2 Å². The van der Waals surface area contributed by atoms with Gasteiger partial charge in [-0.25, -0.2) is 0 Å². The summed E-state index contributed by atoms with van der Waals surface area (Å²) in [5.74, 6) is 0.644. The van der Waals surface area contributed by atoms with Crippen LogP contribution in [0.4, 0.5) is 0 Å². The monoisotopic (exact) mass is 314 g/mol. The first kappa shape index (κ1) is 16.1. The van der Waals surface area contributed by atoms with Gasteiger partial charge >= 0.3 is 0 Å². The van der Waals surface area contributed by atoms with E-state index in [1.54, 1.807) is 0 Å². The topological polar surface area (TPSA) is 15.3 Å². The Morgan fingerprint density at radius 1 is 1.35 bits per heavy atom. The van der Waals surface area contributed by atoms with Gasteiger partial charge in [0.1, 0.15) is 0 Å². The summed E-state index contributed by atoms with van der Waals surface area (Å²) in [6.45, 7) is 9.79. The van der Waals surface area contributed by atoms with Crippen molar-refractivity contribution in [3.8, 4) is 0 Å². The number of hydrogen-bond acceptors (Lipinski definition) is 2. The van der Waals surface area contributed by atoms with Gasteiger partial charge in [0.15, 0.2) is 0 Å². The van der Waals surface area contributed by atoms with E-state index >= 15 is 0 Å². The third-order valence-corrected chi connectivity index (χ3v) is 5.10. The first-order valence-electron chi connectivity index (χ1n) is 7.43. The summed E-state index contributed by atoms with van der Waals surface area (Å²) in [6, 6.07) is 7.02. The Balaban J connectivity index is 2.13. The molecule has 0 saturated carbocycles. The second-order valence-electron chi connectivity index (χ2n) is 5.96. The van der Waals surface area contributed by atoms with Crippen molar-refractivity contribution in [3.05, 3.63) is 33.8 Å². The molecule has 1 fully saturated rings. The molecule has 1 N–H and O–H groups in total. The van der Waals surface area contributed by atoms with Gasteiger partial charge < -0.3 is 5.32 Å². The van der Waals surface area contributed by atoms with Crippen LogP contribution < -0.4 is 5.32 Å². The van der Waals surface area contributed by atoms with Crippen LogP contribution in [-0.2, 0) is 6.54 Å². The van der Waals surface area contributed by atoms with E-state index in [-0.39, 0.29) is 0 Å². The highest BCUT2D eigenvalue weighted by Gasteiger charge is 2.28. The molecule has 1 aromatic carbocycles. The molecule has 112 valence electrons. The third-order valence-electron chi connectivity index (χ3n) is 4.24. The minimum Gasteiger partial charge on any atom is -0.311 e. The number of rotatable bonds is 4. The quantitative estimate of drug-likeness (QED) is 0.896. The van der Waals surface area contributed by atoms with E-state index in [0.29, 0.717) is 28.0 Å². The van der Waals surface area contributed by atoms with Crippen LogP contribution in [0.3, 0.4) is 0 Å². The van der Waals surface area contributed by atoms with Gasteiger partial charge in [-0.05, 0) is 24.0 Å². The van der Waals surface area contributed by atoms with E-state index < -0.39 is 0 Å². The molecule has 1 aliphatic rings. The Hall–Kier alpha value is -0.280. The van der Waals surface area contributed by atoms with E-state index in [1.807, 2.05) is 12.1 Å². The number of nitrogens with zero attached hydrogens (tertiary/aromatic N) is 1. The van der Waals surface area contributed by atoms with Crippen LogP contribution in [0.25, 0.3) is 0 Å². The van der Waals surface area contributed by atoms with Gasteiger partial charge in [-0.1, -0.05) is 56.1 Å². The lowest BCUT2D eigenvalue weighted by atomic mass is 9.98. The van der Waals surface area contributed by atoms with Crippen molar-refractivity contribution in [2.24, 2.45) is 5.92 Å². The molecular formula is C16H24Cl2N2. The summed E-state index contributed by atoms with van der Waals surface area (Å²) in [7, 11) is 0. The molecule has 0 aliphatic carbocycles. The zero-order valence-corrected chi connectivity index (χ0v) is 14.0. The molecular weight excluding hydrogens is 291 g/mol. The fraction of sp³-hybridized carbons (Fsp3) is 0.625. The standard InChI is InChI=1S/C16H24Cl2N2/c1-4-13-8-19-15(11(2)3)10-20(13)9-12-6-5-7-14(17)16(12)18/h5-7,11,13,15,19H,4,8-10H2,1-3H3. The molecule has 0 aromatic heterocycles. The summed E-state index contributed by atoms with van der Waals surface area (Å²) in [5.41, 5.74) is 1.13. The normalized spacial score (nSPS) is 24.3. The molecule has 0 amide bonds. The fourth-order valence-electron chi connectivity index (χ4n) is 2.81. The van der Waals surface area contributed by atoms with Crippen LogP contribution in [0.2, 0.25) is 10.0 Å². The minimum absolute atomic E-state index is 0.552. The average molecular weight is 315 g/mol. The summed E-state index contributed by atoms with van der Waals surface area (Å²) in [5, 5.41) is 5.00. The number of halogens is 2. The molecule has 2 unspecified atom stereocenters. The van der Waals surface area contributed by atoms with Crippen molar-refractivity contribution >= 4 is 23.2 Å². The molecule has 1 heterocycles. The Morgan fingerprint density at radius 2 is 2.10 bits per heavy atom. The lowest BCUT2D eigenvalue weighted by Gasteiger charge is -2.41. The zero-order valence-electron chi connectivity index (χ0n) is 12.5. The smallest absolute Gasteiger partial charge is 0.0637 e. The molecule has 2 rings (SSSR count). The van der Waals surface area contributed by atoms with Gasteiger partial charge in [-0.3, -0.25) is 4.90 Å². The highest BCUT2D eigenvalue weighted by molar-refractivity contribution is 6.42. The van der Waals surface area contributed by atoms with Gasteiger partial charge in [0.25, 0.3) is 0 Å². The SMILES string of the molecule is CCC1CNC(C(C)C)CN1Cc1cccc(Cl)c1Cl. The van der Waals surface area contributed by atoms with Gasteiger partial charge in [0, 0.05) is 31.7 Å². The first-order chi connectivity index (χ1) is 9.52. The predicted octanol–water partition coefficient (Wildman–Crippen LogP) is 4.20. The van der Waals surface area contributed by atoms with Crippen molar-refractivity contribution in [2.75, 3.05) is 13.1 Å². The Morgan fingerprint density at radius 3 is 2.75 bits per heavy atom. The van der Waals surface area contributed by atoms with Crippen LogP contribution in [0.1, 0.15) is 32.8 Å². The van der Waals surface area contributed by atoms with E-state index in [0.717, 1.165) is 31.6 Å². The largest absolute Gasteiger partial charge is 0.311 e. The van der Waals surface area contributed by atoms with E-state index in [9.17, 15) is 0 Å². The summed E-state index contributed by atoms with van der Waals surface area (Å²) in [6.07, 6.45) is 1.15. The zero-order chi connectivity index (χ0) is 14.7. The lowest BCUT2D eigenvalue weighted by molar-refractivity contribution is 0.103. The first-order valence-corrected chi connectivity index (χ1v) is 8.18. The fourth-order valence-corrected chi connectivity index (χ4v) is 3.19. The molecule has 0 radical (unpaired) electrons. The highest BCUT2D eigenvalue weighted by atomic mass is 35.5. The van der Waals surface area contributed by atoms with Crippen LogP contribution in [0, 0.1) is 5.92 Å². The van der Waals surface area contributed by atoms with Gasteiger partial charge in [-0.2, -0.15) is 0 Å². The number of nitrogens with one attached hydrogen (secondary N) is 1. The van der Waals surface area contributed by atoms with Gasteiger partial charge in [0.05, 0.1) is 10.0 Å². The predicted molar refractivity (Wildman–Crippen MR) is 87.6 cm³/mol. The minimum atomic E-state index is 0.552. The second-order valence-corrected chi connectivity index (χ2v) is 6.75. The maximum atomic E-state index is 6.33. The third kappa shape index (κ3) is 3.67. The van der Waals surface area contributed by atoms with Crippen molar-refractivity contribution in [2.45, 2.75) is 45.8 Å². The second kappa shape index (κ2) is 7.13. The number of hydrogen-bond donors (Lipinski definition) is 1. The summed E-state index contributed by atoms with van der Waals surface area (Å²) in [4.78, 5) is 2.54. The number of benzene rings is 1. The Bertz CT molecular complexity index is 448. The molecule has 1 saturated heterocycles. The highest BCUT2D eigenvalue weighted by Crippen LogP contribution is 2.28. The van der Waals surface area contributed by atoms with Crippen molar-refractivity contribution in [1.82, 2.24) is 10.2 Å². The van der Waals surface area contributed by atoms with Crippen LogP contribution in [0.5, 0.6) is 0 Å². The van der Waals surface area contributed by atoms with Crippen molar-refractivity contribution in [3.63, 3.8) is 0 Å². The lowest BCUT2D eigenvalue weighted by Crippen LogP contribution is -2.57. The molecule has 1 aliphatic heterocycles. The molecule has 0 spiro atoms. The Labute approximate surface area is 132 Å². The van der Waals surface area contributed by atoms with Crippen LogP contribution in [-0.4, -0.2) is 30.1 Å². The molecule has 1 aromatic rings. The molecule has 2 nitrogen and oxygen atoms in total. The molecule has 20 heavy (non-hydrogen) atoms. The van der Waals surface area contributed by atoms with Crippen molar-refractivity contribution in [1.29, 1.82) is 0 Å². The van der Waals surface area contributed by atoms with Gasteiger partial charge in [-0.15, -0.1) is 0 Å². The summed E-state index contributed by atoms with van der Waals surface area (Å²) < 4.78 is 0. The van der Waals surface area contributed by atoms with E-state index in [1.165, 1.54) is 0 Å². The molecule has 2 atom stereocenters. The number of piperazine rings is 1. The maximum absolute atomic E-state index is 6.33. The van der Waals surface area contributed by atoms with Crippen molar-refractivity contribution < 1.29 is 0 Å². The average Bonchev–Trinajstić information content (AvgIpc) is 2.43. The van der Waals surface area contributed by atoms with E-state index in [4.69, 9.17) is 23.2 Å². The summed E-state index contributed by atoms with van der Waals surface area (Å²) >= 11 is 12.4. The van der Waals surface area contributed by atoms with Crippen LogP contribution in [0.15, 0.2) is 18.2 Å². The van der Waals surface area contributed by atoms with Gasteiger partial charge in [0.2, 0.25) is 0 Å². The maximum Gasteiger partial charge on any atom is 0.0637 e.